The van der Waals surface area contributed by atoms with Gasteiger partial charge < -0.3 is 19.5 Å². The number of halogens is 2. The largest absolute Gasteiger partial charge is 0.481 e. The molecule has 0 fully saturated rings. The molecule has 1 aliphatic heterocycles. The summed E-state index contributed by atoms with van der Waals surface area (Å²) in [5, 5.41) is 2.78. The highest BCUT2D eigenvalue weighted by Gasteiger charge is 2.26. The molecule has 11 heteroatoms. The highest BCUT2D eigenvalue weighted by atomic mass is 32.2. The molecular weight excluding hydrogens is 440 g/mol. The molecule has 1 aliphatic rings. The van der Waals surface area contributed by atoms with Crippen LogP contribution in [0.4, 0.5) is 14.5 Å². The van der Waals surface area contributed by atoms with Gasteiger partial charge in [0, 0.05) is 35.4 Å². The van der Waals surface area contributed by atoms with Crippen LogP contribution in [0.3, 0.4) is 0 Å². The second-order valence-electron chi connectivity index (χ2n) is 6.26. The van der Waals surface area contributed by atoms with Gasteiger partial charge in [-0.05, 0) is 36.7 Å². The zero-order valence-electron chi connectivity index (χ0n) is 17.2. The van der Waals surface area contributed by atoms with Crippen LogP contribution < -0.4 is 14.8 Å². The number of amidine groups is 1. The van der Waals surface area contributed by atoms with Crippen molar-refractivity contribution in [1.82, 2.24) is 10.3 Å². The van der Waals surface area contributed by atoms with E-state index >= 15 is 0 Å². The van der Waals surface area contributed by atoms with E-state index < -0.39 is 23.0 Å². The molecule has 1 aromatic heterocycles. The van der Waals surface area contributed by atoms with Gasteiger partial charge in [-0.25, -0.2) is 23.7 Å². The summed E-state index contributed by atoms with van der Waals surface area (Å²) < 4.78 is 41.9. The Kier molecular flexibility index (Phi) is 7.55. The fourth-order valence-electron chi connectivity index (χ4n) is 2.56. The van der Waals surface area contributed by atoms with E-state index in [2.05, 4.69) is 31.6 Å². The number of carbonyl (C=O) groups excluding carboxylic acids is 1. The summed E-state index contributed by atoms with van der Waals surface area (Å²) in [6.07, 6.45) is 4.15. The number of aromatic nitrogens is 1. The fourth-order valence-corrected chi connectivity index (χ4v) is 3.19. The van der Waals surface area contributed by atoms with Crippen molar-refractivity contribution in [2.45, 2.75) is 11.3 Å². The van der Waals surface area contributed by atoms with Crippen LogP contribution in [0.2, 0.25) is 0 Å². The van der Waals surface area contributed by atoms with Gasteiger partial charge >= 0.3 is 0 Å². The van der Waals surface area contributed by atoms with Crippen LogP contribution >= 0.6 is 11.9 Å². The summed E-state index contributed by atoms with van der Waals surface area (Å²) in [7, 11) is 2.91. The number of hydrogen-bond donors (Lipinski definition) is 2. The lowest BCUT2D eigenvalue weighted by Gasteiger charge is -2.11. The van der Waals surface area contributed by atoms with Crippen molar-refractivity contribution in [2.75, 3.05) is 18.9 Å². The number of nitrogens with zero attached hydrogens (tertiary/aromatic N) is 3. The fraction of sp³-hybridized carbons (Fsp3) is 0.143. The molecule has 0 radical (unpaired) electrons. The van der Waals surface area contributed by atoms with Crippen molar-refractivity contribution >= 4 is 35.6 Å². The zero-order valence-corrected chi connectivity index (χ0v) is 18.0. The van der Waals surface area contributed by atoms with E-state index in [1.165, 1.54) is 39.0 Å². The van der Waals surface area contributed by atoms with Gasteiger partial charge in [-0.15, -0.1) is 0 Å². The summed E-state index contributed by atoms with van der Waals surface area (Å²) in [5.74, 6) is -1.75. The maximum atomic E-state index is 15.0. The van der Waals surface area contributed by atoms with Crippen molar-refractivity contribution < 1.29 is 23.0 Å². The quantitative estimate of drug-likeness (QED) is 0.192. The number of carbonyl (C=O) groups is 1. The Labute approximate surface area is 187 Å². The average molecular weight is 459 g/mol. The molecule has 0 atom stereocenters. The van der Waals surface area contributed by atoms with Gasteiger partial charge in [0.05, 0.1) is 25.5 Å². The molecule has 0 saturated heterocycles. The minimum Gasteiger partial charge on any atom is -0.481 e. The van der Waals surface area contributed by atoms with Crippen LogP contribution in [0.1, 0.15) is 16.8 Å². The summed E-state index contributed by atoms with van der Waals surface area (Å²) in [4.78, 5) is 25.3. The number of rotatable bonds is 9. The Bertz CT molecular complexity index is 1120. The smallest absolute Gasteiger partial charge is 0.212 e. The molecule has 3 rings (SSSR count). The average Bonchev–Trinajstić information content (AvgIpc) is 3.27. The second kappa shape index (κ2) is 10.5. The SMILES string of the molecule is C=C(N=CN=C1CC(C(=O)c2c(F)ccc(NSc3ccc(OC)nc3)c2F)=CN1)OC. The van der Waals surface area contributed by atoms with Crippen molar-refractivity contribution in [3.63, 3.8) is 0 Å². The molecule has 0 bridgehead atoms. The second-order valence-corrected chi connectivity index (χ2v) is 7.14. The van der Waals surface area contributed by atoms with Crippen molar-refractivity contribution in [1.29, 1.82) is 0 Å². The first-order valence-corrected chi connectivity index (χ1v) is 9.98. The van der Waals surface area contributed by atoms with Gasteiger partial charge in [-0.3, -0.25) is 4.79 Å². The predicted octanol–water partition coefficient (Wildman–Crippen LogP) is 4.09. The summed E-state index contributed by atoms with van der Waals surface area (Å²) in [6, 6.07) is 5.62. The molecule has 2 aromatic rings. The normalized spacial score (nSPS) is 14.2. The monoisotopic (exact) mass is 459 g/mol. The molecule has 0 amide bonds. The van der Waals surface area contributed by atoms with Crippen LogP contribution in [-0.2, 0) is 4.74 Å². The molecule has 0 unspecified atom stereocenters. The van der Waals surface area contributed by atoms with Crippen LogP contribution in [0, 0.1) is 11.6 Å². The molecule has 166 valence electrons. The summed E-state index contributed by atoms with van der Waals surface area (Å²) in [5.41, 5.74) is -0.537. The van der Waals surface area contributed by atoms with Crippen LogP contribution in [-0.4, -0.2) is 37.2 Å². The third-order valence-electron chi connectivity index (χ3n) is 4.23. The summed E-state index contributed by atoms with van der Waals surface area (Å²) >= 11 is 1.06. The standard InChI is InChI=1S/C21H19F2N5O3S/c1-12(30-2)26-11-27-17-8-13(9-24-17)21(29)19-15(22)5-6-16(20(19)23)28-32-14-4-7-18(31-3)25-10-14/h4-7,9-11,28H,1,8H2,2-3H3,(H,24,26,27). The van der Waals surface area contributed by atoms with Crippen LogP contribution in [0.25, 0.3) is 0 Å². The van der Waals surface area contributed by atoms with E-state index in [-0.39, 0.29) is 23.6 Å². The van der Waals surface area contributed by atoms with Crippen molar-refractivity contribution in [3.8, 4) is 5.88 Å². The Morgan fingerprint density at radius 2 is 2.12 bits per heavy atom. The number of benzene rings is 1. The lowest BCUT2D eigenvalue weighted by Crippen LogP contribution is -2.12. The first kappa shape index (κ1) is 22.9. The lowest BCUT2D eigenvalue weighted by molar-refractivity contribution is 0.102. The van der Waals surface area contributed by atoms with Gasteiger partial charge in [0.1, 0.15) is 18.0 Å². The van der Waals surface area contributed by atoms with E-state index in [4.69, 9.17) is 9.47 Å². The Hall–Kier alpha value is -3.73. The molecular formula is C21H19F2N5O3S. The van der Waals surface area contributed by atoms with E-state index in [1.54, 1.807) is 12.1 Å². The number of ether oxygens (including phenoxy) is 2. The number of nitrogens with one attached hydrogen (secondary N) is 2. The van der Waals surface area contributed by atoms with Crippen molar-refractivity contribution in [2.24, 2.45) is 9.98 Å². The maximum Gasteiger partial charge on any atom is 0.212 e. The molecule has 8 nitrogen and oxygen atoms in total. The van der Waals surface area contributed by atoms with Crippen LogP contribution in [0.5, 0.6) is 5.88 Å². The molecule has 1 aromatic carbocycles. The summed E-state index contributed by atoms with van der Waals surface area (Å²) in [6.45, 7) is 3.51. The van der Waals surface area contributed by atoms with Crippen LogP contribution in [0.15, 0.2) is 69.6 Å². The first-order valence-electron chi connectivity index (χ1n) is 9.16. The number of ketones is 1. The number of methoxy groups -OCH3 is 2. The first-order chi connectivity index (χ1) is 15.4. The molecule has 2 N–H and O–H groups in total. The molecule has 2 heterocycles. The van der Waals surface area contributed by atoms with E-state index in [1.807, 2.05) is 0 Å². The maximum absolute atomic E-state index is 15.0. The minimum atomic E-state index is -0.992. The zero-order chi connectivity index (χ0) is 23.1. The lowest BCUT2D eigenvalue weighted by atomic mass is 10.0. The molecule has 0 aliphatic carbocycles. The molecule has 0 saturated carbocycles. The van der Waals surface area contributed by atoms with E-state index in [9.17, 15) is 13.6 Å². The highest BCUT2D eigenvalue weighted by Crippen LogP contribution is 2.29. The third-order valence-corrected chi connectivity index (χ3v) is 5.03. The van der Waals surface area contributed by atoms with E-state index in [0.29, 0.717) is 16.6 Å². The number of pyridine rings is 1. The number of Topliss-reactive ketones (excluding diaryl/α,β-unsaturated/α-hetero) is 1. The molecule has 32 heavy (non-hydrogen) atoms. The van der Waals surface area contributed by atoms with Gasteiger partial charge in [0.15, 0.2) is 11.6 Å². The number of hydrogen-bond acceptors (Lipinski definition) is 7. The van der Waals surface area contributed by atoms with E-state index in [0.717, 1.165) is 18.0 Å². The Balaban J connectivity index is 1.72. The van der Waals surface area contributed by atoms with Crippen molar-refractivity contribution in [3.05, 3.63) is 71.9 Å². The van der Waals surface area contributed by atoms with Gasteiger partial charge in [0.25, 0.3) is 0 Å². The van der Waals surface area contributed by atoms with Gasteiger partial charge in [-0.1, -0.05) is 0 Å². The Morgan fingerprint density at radius 1 is 1.31 bits per heavy atom. The number of aliphatic imine (C=N–C) groups is 2. The Morgan fingerprint density at radius 3 is 2.81 bits per heavy atom. The predicted molar refractivity (Wildman–Crippen MR) is 119 cm³/mol. The third kappa shape index (κ3) is 5.49. The molecule has 0 spiro atoms. The highest BCUT2D eigenvalue weighted by molar-refractivity contribution is 8.00. The van der Waals surface area contributed by atoms with Gasteiger partial charge in [-0.2, -0.15) is 0 Å². The van der Waals surface area contributed by atoms with Gasteiger partial charge in [0.2, 0.25) is 11.8 Å². The number of anilines is 1. The topological polar surface area (TPSA) is 97.2 Å². The minimum absolute atomic E-state index is 0.0405.